The van der Waals surface area contributed by atoms with Crippen molar-refractivity contribution < 1.29 is 18.6 Å². The van der Waals surface area contributed by atoms with E-state index in [4.69, 9.17) is 4.74 Å². The topological polar surface area (TPSA) is 73.8 Å². The Morgan fingerprint density at radius 2 is 2.04 bits per heavy atom. The number of nitrogens with zero attached hydrogens (tertiary/aromatic N) is 4. The van der Waals surface area contributed by atoms with Crippen molar-refractivity contribution >= 4 is 5.82 Å². The SMILES string of the molecule is CN(C)CC1(COc2nc3c(c(N4CCC[C@@](C)(O)C4)n2)CNC3)CC1(F)F. The third-order valence-corrected chi connectivity index (χ3v) is 5.93. The van der Waals surface area contributed by atoms with E-state index in [9.17, 15) is 13.9 Å². The molecule has 2 N–H and O–H groups in total. The number of aromatic nitrogens is 2. The first-order chi connectivity index (χ1) is 13.1. The summed E-state index contributed by atoms with van der Waals surface area (Å²) in [5.74, 6) is -1.97. The van der Waals surface area contributed by atoms with Crippen LogP contribution in [0.1, 0.15) is 37.4 Å². The smallest absolute Gasteiger partial charge is 0.318 e. The molecule has 156 valence electrons. The number of hydrogen-bond donors (Lipinski definition) is 2. The van der Waals surface area contributed by atoms with Crippen molar-refractivity contribution in [2.45, 2.75) is 50.8 Å². The third-order valence-electron chi connectivity index (χ3n) is 5.93. The summed E-state index contributed by atoms with van der Waals surface area (Å²) >= 11 is 0. The second-order valence-electron chi connectivity index (χ2n) is 9.07. The van der Waals surface area contributed by atoms with Crippen LogP contribution in [0.3, 0.4) is 0 Å². The summed E-state index contributed by atoms with van der Waals surface area (Å²) < 4.78 is 33.7. The Bertz CT molecular complexity index is 758. The maximum Gasteiger partial charge on any atom is 0.318 e. The maximum absolute atomic E-state index is 14.0. The minimum atomic E-state index is -2.72. The van der Waals surface area contributed by atoms with E-state index in [1.807, 2.05) is 6.92 Å². The van der Waals surface area contributed by atoms with Crippen LogP contribution < -0.4 is 15.0 Å². The fraction of sp³-hybridized carbons (Fsp3) is 0.789. The average molecular weight is 397 g/mol. The molecule has 0 bridgehead atoms. The number of nitrogens with one attached hydrogen (secondary N) is 1. The number of halogens is 2. The summed E-state index contributed by atoms with van der Waals surface area (Å²) in [4.78, 5) is 12.9. The zero-order chi connectivity index (χ0) is 20.2. The molecule has 4 rings (SSSR count). The van der Waals surface area contributed by atoms with Crippen molar-refractivity contribution in [1.82, 2.24) is 20.2 Å². The van der Waals surface area contributed by atoms with Crippen molar-refractivity contribution in [2.75, 3.05) is 45.2 Å². The monoisotopic (exact) mass is 397 g/mol. The van der Waals surface area contributed by atoms with Gasteiger partial charge in [-0.25, -0.2) is 8.78 Å². The van der Waals surface area contributed by atoms with Crippen molar-refractivity contribution in [3.8, 4) is 6.01 Å². The van der Waals surface area contributed by atoms with Gasteiger partial charge in [0.2, 0.25) is 0 Å². The van der Waals surface area contributed by atoms with Gasteiger partial charge in [0.25, 0.3) is 5.92 Å². The van der Waals surface area contributed by atoms with E-state index >= 15 is 0 Å². The molecule has 1 aromatic heterocycles. The first-order valence-electron chi connectivity index (χ1n) is 9.84. The van der Waals surface area contributed by atoms with Gasteiger partial charge in [-0.3, -0.25) is 0 Å². The number of anilines is 1. The summed E-state index contributed by atoms with van der Waals surface area (Å²) in [7, 11) is 3.57. The standard InChI is InChI=1S/C19H29F2N5O2/c1-17(27)5-4-6-26(10-17)15-13-7-22-8-14(13)23-16(24-15)28-12-18(11-25(2)3)9-19(18,20)21/h22,27H,4-12H2,1-3H3/t17-,18?/m1/s1. The Hall–Kier alpha value is -1.58. The molecule has 1 saturated carbocycles. The zero-order valence-electron chi connectivity index (χ0n) is 16.8. The van der Waals surface area contributed by atoms with Crippen LogP contribution in [0.25, 0.3) is 0 Å². The van der Waals surface area contributed by atoms with E-state index in [1.165, 1.54) is 0 Å². The number of piperidine rings is 1. The van der Waals surface area contributed by atoms with Gasteiger partial charge in [-0.2, -0.15) is 9.97 Å². The van der Waals surface area contributed by atoms with E-state index in [0.29, 0.717) is 19.6 Å². The van der Waals surface area contributed by atoms with Crippen LogP contribution in [0.2, 0.25) is 0 Å². The predicted molar refractivity (Wildman–Crippen MR) is 101 cm³/mol. The highest BCUT2D eigenvalue weighted by Crippen LogP contribution is 2.60. The molecule has 0 spiro atoms. The fourth-order valence-electron chi connectivity index (χ4n) is 4.42. The molecule has 1 aromatic rings. The molecule has 3 heterocycles. The molecular weight excluding hydrogens is 368 g/mol. The van der Waals surface area contributed by atoms with E-state index in [-0.39, 0.29) is 25.6 Å². The number of alkyl halides is 2. The van der Waals surface area contributed by atoms with Crippen molar-refractivity contribution in [1.29, 1.82) is 0 Å². The second kappa shape index (κ2) is 6.74. The molecule has 2 aliphatic heterocycles. The van der Waals surface area contributed by atoms with E-state index in [2.05, 4.69) is 20.2 Å². The van der Waals surface area contributed by atoms with Crippen LogP contribution in [0.15, 0.2) is 0 Å². The minimum absolute atomic E-state index is 0.110. The molecule has 7 nitrogen and oxygen atoms in total. The van der Waals surface area contributed by atoms with Crippen LogP contribution in [-0.2, 0) is 13.1 Å². The number of β-amino-alcohol motifs (C(OH)–C–C–N with tert-alkyl or cyclic N) is 1. The summed E-state index contributed by atoms with van der Waals surface area (Å²) in [6, 6.07) is 0.142. The highest BCUT2D eigenvalue weighted by Gasteiger charge is 2.71. The Balaban J connectivity index is 1.56. The predicted octanol–water partition coefficient (Wildman–Crippen LogP) is 1.40. The highest BCUT2D eigenvalue weighted by atomic mass is 19.3. The summed E-state index contributed by atoms with van der Waals surface area (Å²) in [5, 5.41) is 13.7. The molecule has 1 saturated heterocycles. The summed E-state index contributed by atoms with van der Waals surface area (Å²) in [5.41, 5.74) is -0.0969. The molecule has 1 aliphatic carbocycles. The first kappa shape index (κ1) is 19.7. The molecule has 2 fully saturated rings. The van der Waals surface area contributed by atoms with Gasteiger partial charge >= 0.3 is 6.01 Å². The van der Waals surface area contributed by atoms with Crippen LogP contribution in [0, 0.1) is 5.41 Å². The van der Waals surface area contributed by atoms with Gasteiger partial charge in [0.15, 0.2) is 0 Å². The number of fused-ring (bicyclic) bond motifs is 1. The van der Waals surface area contributed by atoms with Gasteiger partial charge in [0.1, 0.15) is 12.4 Å². The number of ether oxygens (including phenoxy) is 1. The molecular formula is C19H29F2N5O2. The Labute approximate surface area is 164 Å². The Morgan fingerprint density at radius 1 is 1.29 bits per heavy atom. The van der Waals surface area contributed by atoms with Crippen LogP contribution in [0.5, 0.6) is 6.01 Å². The number of hydrogen-bond acceptors (Lipinski definition) is 7. The van der Waals surface area contributed by atoms with Gasteiger partial charge in [-0.1, -0.05) is 0 Å². The molecule has 0 aromatic carbocycles. The largest absolute Gasteiger partial charge is 0.463 e. The quantitative estimate of drug-likeness (QED) is 0.752. The minimum Gasteiger partial charge on any atom is -0.463 e. The summed E-state index contributed by atoms with van der Waals surface area (Å²) in [6.07, 6.45) is 1.45. The molecule has 9 heteroatoms. The molecule has 28 heavy (non-hydrogen) atoms. The lowest BCUT2D eigenvalue weighted by molar-refractivity contribution is 0.0286. The molecule has 1 unspecified atom stereocenters. The van der Waals surface area contributed by atoms with Gasteiger partial charge < -0.3 is 25.0 Å². The lowest BCUT2D eigenvalue weighted by Gasteiger charge is -2.38. The van der Waals surface area contributed by atoms with Crippen molar-refractivity contribution in [2.24, 2.45) is 5.41 Å². The lowest BCUT2D eigenvalue weighted by Crippen LogP contribution is -2.46. The van der Waals surface area contributed by atoms with Crippen LogP contribution >= 0.6 is 0 Å². The zero-order valence-corrected chi connectivity index (χ0v) is 16.8. The van der Waals surface area contributed by atoms with Crippen molar-refractivity contribution in [3.05, 3.63) is 11.3 Å². The van der Waals surface area contributed by atoms with E-state index in [0.717, 1.165) is 36.5 Å². The van der Waals surface area contributed by atoms with Gasteiger partial charge in [-0.05, 0) is 33.9 Å². The van der Waals surface area contributed by atoms with Crippen molar-refractivity contribution in [3.63, 3.8) is 0 Å². The number of rotatable bonds is 6. The van der Waals surface area contributed by atoms with Crippen LogP contribution in [0.4, 0.5) is 14.6 Å². The molecule has 2 atom stereocenters. The van der Waals surface area contributed by atoms with E-state index < -0.39 is 16.9 Å². The Morgan fingerprint density at radius 3 is 2.68 bits per heavy atom. The number of aliphatic hydroxyl groups is 1. The van der Waals surface area contributed by atoms with E-state index in [1.54, 1.807) is 19.0 Å². The van der Waals surface area contributed by atoms with Crippen LogP contribution in [-0.4, -0.2) is 71.8 Å². The van der Waals surface area contributed by atoms with Gasteiger partial charge in [0.05, 0.1) is 16.7 Å². The summed E-state index contributed by atoms with van der Waals surface area (Å²) in [6.45, 7) is 4.52. The fourth-order valence-corrected chi connectivity index (χ4v) is 4.42. The Kier molecular flexibility index (Phi) is 4.75. The molecule has 0 amide bonds. The van der Waals surface area contributed by atoms with Gasteiger partial charge in [-0.15, -0.1) is 0 Å². The van der Waals surface area contributed by atoms with Gasteiger partial charge in [0, 0.05) is 44.7 Å². The normalized spacial score (nSPS) is 31.2. The maximum atomic E-state index is 14.0. The first-order valence-corrected chi connectivity index (χ1v) is 9.84. The highest BCUT2D eigenvalue weighted by molar-refractivity contribution is 5.52. The average Bonchev–Trinajstić information content (AvgIpc) is 2.93. The second-order valence-corrected chi connectivity index (χ2v) is 9.07. The molecule has 0 radical (unpaired) electrons. The molecule has 3 aliphatic rings. The third kappa shape index (κ3) is 3.67. The lowest BCUT2D eigenvalue weighted by atomic mass is 9.95.